The molecule has 0 aliphatic rings. The van der Waals surface area contributed by atoms with Gasteiger partial charge in [-0.2, -0.15) is 0 Å². The van der Waals surface area contributed by atoms with Gasteiger partial charge in [0.2, 0.25) is 0 Å². The van der Waals surface area contributed by atoms with E-state index in [-0.39, 0.29) is 0 Å². The van der Waals surface area contributed by atoms with Gasteiger partial charge in [-0.1, -0.05) is 26.0 Å². The minimum absolute atomic E-state index is 0.353. The molecule has 92 valence electrons. The monoisotopic (exact) mass is 248 g/mol. The normalized spacial score (nSPS) is 13.4. The highest BCUT2D eigenvalue weighted by molar-refractivity contribution is 7.18. The molecule has 1 aromatic heterocycles. The van der Waals surface area contributed by atoms with Crippen LogP contribution in [0.25, 0.3) is 10.2 Å². The summed E-state index contributed by atoms with van der Waals surface area (Å²) in [7, 11) is 0. The number of para-hydroxylation sites is 1. The maximum Gasteiger partial charge on any atom is 0.111 e. The zero-order chi connectivity index (χ0) is 12.3. The Bertz CT molecular complexity index is 443. The average molecular weight is 248 g/mol. The molecule has 0 aliphatic heterocycles. The second-order valence-corrected chi connectivity index (χ2v) is 5.94. The number of fused-ring (bicyclic) bond motifs is 1. The first-order chi connectivity index (χ1) is 8.16. The van der Waals surface area contributed by atoms with Gasteiger partial charge in [0.05, 0.1) is 16.3 Å². The van der Waals surface area contributed by atoms with Crippen molar-refractivity contribution >= 4 is 21.6 Å². The number of rotatable bonds is 5. The largest absolute Gasteiger partial charge is 0.308 e. The second kappa shape index (κ2) is 5.61. The Labute approximate surface area is 107 Å². The molecular formula is C14H20N2S. The van der Waals surface area contributed by atoms with E-state index in [4.69, 9.17) is 0 Å². The van der Waals surface area contributed by atoms with Crippen molar-refractivity contribution in [2.24, 2.45) is 5.92 Å². The van der Waals surface area contributed by atoms with Crippen molar-refractivity contribution in [3.8, 4) is 0 Å². The van der Waals surface area contributed by atoms with Crippen molar-refractivity contribution in [2.45, 2.75) is 33.2 Å². The van der Waals surface area contributed by atoms with Crippen LogP contribution in [0.15, 0.2) is 24.3 Å². The molecule has 0 spiro atoms. The topological polar surface area (TPSA) is 24.9 Å². The number of nitrogens with one attached hydrogen (secondary N) is 1. The van der Waals surface area contributed by atoms with E-state index in [1.54, 1.807) is 11.3 Å². The summed E-state index contributed by atoms with van der Waals surface area (Å²) in [6.45, 7) is 7.76. The molecule has 0 saturated heterocycles. The molecule has 0 amide bonds. The molecule has 1 N–H and O–H groups in total. The second-order valence-electron chi connectivity index (χ2n) is 4.88. The molecule has 2 aromatic rings. The van der Waals surface area contributed by atoms with Crippen molar-refractivity contribution in [2.75, 3.05) is 6.54 Å². The SMILES string of the molecule is CC(C)CCNC(C)c1nc2ccccc2s1. The molecule has 0 fully saturated rings. The van der Waals surface area contributed by atoms with Crippen molar-refractivity contribution in [1.29, 1.82) is 0 Å². The lowest BCUT2D eigenvalue weighted by Gasteiger charge is -2.11. The summed E-state index contributed by atoms with van der Waals surface area (Å²) in [5.74, 6) is 0.755. The number of hydrogen-bond acceptors (Lipinski definition) is 3. The molecule has 0 bridgehead atoms. The molecule has 0 aliphatic carbocycles. The Morgan fingerprint density at radius 2 is 2.00 bits per heavy atom. The number of thiazole rings is 1. The molecule has 0 saturated carbocycles. The van der Waals surface area contributed by atoms with Crippen LogP contribution in [0, 0.1) is 5.92 Å². The lowest BCUT2D eigenvalue weighted by atomic mass is 10.1. The van der Waals surface area contributed by atoms with Crippen LogP contribution in [0.3, 0.4) is 0 Å². The third-order valence-electron chi connectivity index (χ3n) is 2.85. The van der Waals surface area contributed by atoms with E-state index in [0.29, 0.717) is 6.04 Å². The first kappa shape index (κ1) is 12.5. The van der Waals surface area contributed by atoms with Crippen LogP contribution >= 0.6 is 11.3 Å². The predicted molar refractivity (Wildman–Crippen MR) is 75.5 cm³/mol. The Morgan fingerprint density at radius 3 is 2.71 bits per heavy atom. The lowest BCUT2D eigenvalue weighted by Crippen LogP contribution is -2.20. The van der Waals surface area contributed by atoms with Gasteiger partial charge in [-0.15, -0.1) is 11.3 Å². The van der Waals surface area contributed by atoms with Gasteiger partial charge in [-0.3, -0.25) is 0 Å². The molecule has 17 heavy (non-hydrogen) atoms. The fourth-order valence-corrected chi connectivity index (χ4v) is 2.75. The van der Waals surface area contributed by atoms with Crippen molar-refractivity contribution < 1.29 is 0 Å². The lowest BCUT2D eigenvalue weighted by molar-refractivity contribution is 0.496. The Hall–Kier alpha value is -0.930. The van der Waals surface area contributed by atoms with Gasteiger partial charge in [0.1, 0.15) is 5.01 Å². The zero-order valence-electron chi connectivity index (χ0n) is 10.7. The van der Waals surface area contributed by atoms with E-state index in [2.05, 4.69) is 49.3 Å². The van der Waals surface area contributed by atoms with E-state index in [0.717, 1.165) is 18.0 Å². The highest BCUT2D eigenvalue weighted by atomic mass is 32.1. The van der Waals surface area contributed by atoms with E-state index in [9.17, 15) is 0 Å². The molecule has 2 rings (SSSR count). The van der Waals surface area contributed by atoms with Gasteiger partial charge in [0.15, 0.2) is 0 Å². The van der Waals surface area contributed by atoms with Crippen LogP contribution in [0.2, 0.25) is 0 Å². The van der Waals surface area contributed by atoms with E-state index in [1.165, 1.54) is 16.1 Å². The maximum atomic E-state index is 4.67. The number of hydrogen-bond donors (Lipinski definition) is 1. The van der Waals surface area contributed by atoms with Crippen LogP contribution in [0.5, 0.6) is 0 Å². The third kappa shape index (κ3) is 3.27. The van der Waals surface area contributed by atoms with E-state index < -0.39 is 0 Å². The number of benzene rings is 1. The first-order valence-corrected chi connectivity index (χ1v) is 7.07. The van der Waals surface area contributed by atoms with Gasteiger partial charge in [-0.25, -0.2) is 4.98 Å². The standard InChI is InChI=1S/C14H20N2S/c1-10(2)8-9-15-11(3)14-16-12-6-4-5-7-13(12)17-14/h4-7,10-11,15H,8-9H2,1-3H3. The van der Waals surface area contributed by atoms with Crippen molar-refractivity contribution in [1.82, 2.24) is 10.3 Å². The van der Waals surface area contributed by atoms with Gasteiger partial charge < -0.3 is 5.32 Å². The summed E-state index contributed by atoms with van der Waals surface area (Å²) in [4.78, 5) is 4.67. The fraction of sp³-hybridized carbons (Fsp3) is 0.500. The molecule has 0 radical (unpaired) electrons. The van der Waals surface area contributed by atoms with Gasteiger partial charge in [0.25, 0.3) is 0 Å². The van der Waals surface area contributed by atoms with Gasteiger partial charge in [0, 0.05) is 0 Å². The minimum atomic E-state index is 0.353. The van der Waals surface area contributed by atoms with Gasteiger partial charge in [-0.05, 0) is 37.9 Å². The van der Waals surface area contributed by atoms with Crippen LogP contribution in [-0.4, -0.2) is 11.5 Å². The Kier molecular flexibility index (Phi) is 4.13. The molecule has 1 aromatic carbocycles. The molecule has 1 heterocycles. The molecular weight excluding hydrogens is 228 g/mol. The zero-order valence-corrected chi connectivity index (χ0v) is 11.6. The molecule has 1 atom stereocenters. The smallest absolute Gasteiger partial charge is 0.111 e. The molecule has 3 heteroatoms. The first-order valence-electron chi connectivity index (χ1n) is 6.25. The van der Waals surface area contributed by atoms with Crippen LogP contribution in [-0.2, 0) is 0 Å². The predicted octanol–water partition coefficient (Wildman–Crippen LogP) is 3.99. The maximum absolute atomic E-state index is 4.67. The Balaban J connectivity index is 2.01. The third-order valence-corrected chi connectivity index (χ3v) is 4.07. The summed E-state index contributed by atoms with van der Waals surface area (Å²) in [6.07, 6.45) is 1.22. The molecule has 2 nitrogen and oxygen atoms in total. The van der Waals surface area contributed by atoms with Crippen molar-refractivity contribution in [3.63, 3.8) is 0 Å². The van der Waals surface area contributed by atoms with Crippen molar-refractivity contribution in [3.05, 3.63) is 29.3 Å². The highest BCUT2D eigenvalue weighted by Gasteiger charge is 2.10. The van der Waals surface area contributed by atoms with Crippen LogP contribution in [0.4, 0.5) is 0 Å². The summed E-state index contributed by atoms with van der Waals surface area (Å²) in [5.41, 5.74) is 1.12. The van der Waals surface area contributed by atoms with Gasteiger partial charge >= 0.3 is 0 Å². The number of nitrogens with zero attached hydrogens (tertiary/aromatic N) is 1. The van der Waals surface area contributed by atoms with E-state index in [1.807, 2.05) is 6.07 Å². The quantitative estimate of drug-likeness (QED) is 0.865. The van der Waals surface area contributed by atoms with E-state index >= 15 is 0 Å². The highest BCUT2D eigenvalue weighted by Crippen LogP contribution is 2.25. The van der Waals surface area contributed by atoms with Crippen LogP contribution in [0.1, 0.15) is 38.2 Å². The summed E-state index contributed by atoms with van der Waals surface area (Å²) in [6, 6.07) is 8.68. The van der Waals surface area contributed by atoms with Crippen LogP contribution < -0.4 is 5.32 Å². The fourth-order valence-electron chi connectivity index (χ4n) is 1.75. The Morgan fingerprint density at radius 1 is 1.24 bits per heavy atom. The molecule has 1 unspecified atom stereocenters. The summed E-state index contributed by atoms with van der Waals surface area (Å²) < 4.78 is 1.28. The summed E-state index contributed by atoms with van der Waals surface area (Å²) >= 11 is 1.79. The average Bonchev–Trinajstić information content (AvgIpc) is 2.71. The summed E-state index contributed by atoms with van der Waals surface area (Å²) in [5, 5.41) is 4.73. The number of aromatic nitrogens is 1. The minimum Gasteiger partial charge on any atom is -0.308 e.